The van der Waals surface area contributed by atoms with Crippen molar-refractivity contribution in [2.75, 3.05) is 32.2 Å². The van der Waals surface area contributed by atoms with Gasteiger partial charge in [-0.2, -0.15) is 0 Å². The van der Waals surface area contributed by atoms with E-state index in [0.29, 0.717) is 25.5 Å². The van der Waals surface area contributed by atoms with Crippen molar-refractivity contribution in [3.8, 4) is 11.5 Å². The second-order valence-corrected chi connectivity index (χ2v) is 4.40. The highest BCUT2D eigenvalue weighted by molar-refractivity contribution is 5.50. The SMILES string of the molecule is CCCCOCCOc1cc(N)cc(OCCC)c1. The first-order valence-corrected chi connectivity index (χ1v) is 7.00. The Morgan fingerprint density at radius 3 is 2.16 bits per heavy atom. The van der Waals surface area contributed by atoms with Crippen LogP contribution < -0.4 is 15.2 Å². The Hall–Kier alpha value is -1.42. The average molecular weight is 267 g/mol. The number of benzene rings is 1. The van der Waals surface area contributed by atoms with Gasteiger partial charge < -0.3 is 19.9 Å². The van der Waals surface area contributed by atoms with E-state index in [9.17, 15) is 0 Å². The maximum absolute atomic E-state index is 5.81. The highest BCUT2D eigenvalue weighted by Crippen LogP contribution is 2.24. The van der Waals surface area contributed by atoms with E-state index in [1.54, 1.807) is 12.1 Å². The maximum atomic E-state index is 5.81. The van der Waals surface area contributed by atoms with Gasteiger partial charge in [-0.25, -0.2) is 0 Å². The monoisotopic (exact) mass is 267 g/mol. The molecule has 4 heteroatoms. The summed E-state index contributed by atoms with van der Waals surface area (Å²) >= 11 is 0. The van der Waals surface area contributed by atoms with Crippen molar-refractivity contribution in [3.63, 3.8) is 0 Å². The van der Waals surface area contributed by atoms with Crippen molar-refractivity contribution in [2.45, 2.75) is 33.1 Å². The van der Waals surface area contributed by atoms with Crippen LogP contribution >= 0.6 is 0 Å². The molecule has 0 saturated carbocycles. The molecule has 108 valence electrons. The van der Waals surface area contributed by atoms with Gasteiger partial charge in [-0.15, -0.1) is 0 Å². The molecule has 0 spiro atoms. The smallest absolute Gasteiger partial charge is 0.125 e. The minimum Gasteiger partial charge on any atom is -0.493 e. The summed E-state index contributed by atoms with van der Waals surface area (Å²) in [5, 5.41) is 0. The fraction of sp³-hybridized carbons (Fsp3) is 0.600. The lowest BCUT2D eigenvalue weighted by Crippen LogP contribution is -2.08. The van der Waals surface area contributed by atoms with Crippen molar-refractivity contribution >= 4 is 5.69 Å². The molecule has 0 saturated heterocycles. The average Bonchev–Trinajstić information content (AvgIpc) is 2.40. The lowest BCUT2D eigenvalue weighted by molar-refractivity contribution is 0.0979. The van der Waals surface area contributed by atoms with E-state index >= 15 is 0 Å². The van der Waals surface area contributed by atoms with Gasteiger partial charge in [0.15, 0.2) is 0 Å². The molecule has 0 bridgehead atoms. The Bertz CT molecular complexity index is 355. The second-order valence-electron chi connectivity index (χ2n) is 4.40. The van der Waals surface area contributed by atoms with E-state index in [4.69, 9.17) is 19.9 Å². The molecule has 0 aliphatic rings. The molecule has 1 aromatic carbocycles. The highest BCUT2D eigenvalue weighted by Gasteiger charge is 2.01. The molecule has 1 aromatic rings. The van der Waals surface area contributed by atoms with Gasteiger partial charge in [0.2, 0.25) is 0 Å². The van der Waals surface area contributed by atoms with Crippen LogP contribution in [0.4, 0.5) is 5.69 Å². The van der Waals surface area contributed by atoms with Crippen molar-refractivity contribution < 1.29 is 14.2 Å². The normalized spacial score (nSPS) is 10.4. The van der Waals surface area contributed by atoms with Crippen LogP contribution in [0.25, 0.3) is 0 Å². The van der Waals surface area contributed by atoms with E-state index < -0.39 is 0 Å². The predicted octanol–water partition coefficient (Wildman–Crippen LogP) is 3.25. The number of rotatable bonds is 10. The number of anilines is 1. The van der Waals surface area contributed by atoms with Crippen LogP contribution in [-0.2, 0) is 4.74 Å². The number of nitrogen functional groups attached to an aromatic ring is 1. The Balaban J connectivity index is 2.34. The quantitative estimate of drug-likeness (QED) is 0.522. The van der Waals surface area contributed by atoms with Gasteiger partial charge in [-0.3, -0.25) is 0 Å². The molecule has 0 fully saturated rings. The van der Waals surface area contributed by atoms with E-state index in [1.807, 2.05) is 6.07 Å². The number of ether oxygens (including phenoxy) is 3. The molecule has 0 heterocycles. The highest BCUT2D eigenvalue weighted by atomic mass is 16.5. The summed E-state index contributed by atoms with van der Waals surface area (Å²) in [6.45, 7) is 6.81. The van der Waals surface area contributed by atoms with Crippen LogP contribution in [0.15, 0.2) is 18.2 Å². The Morgan fingerprint density at radius 2 is 1.53 bits per heavy atom. The Kier molecular flexibility index (Phi) is 7.82. The van der Waals surface area contributed by atoms with Gasteiger partial charge >= 0.3 is 0 Å². The van der Waals surface area contributed by atoms with E-state index in [1.165, 1.54) is 0 Å². The summed E-state index contributed by atoms with van der Waals surface area (Å²) in [6, 6.07) is 5.46. The third-order valence-electron chi connectivity index (χ3n) is 2.51. The number of hydrogen-bond acceptors (Lipinski definition) is 4. The van der Waals surface area contributed by atoms with Crippen molar-refractivity contribution in [1.82, 2.24) is 0 Å². The minimum atomic E-state index is 0.528. The summed E-state index contributed by atoms with van der Waals surface area (Å²) in [6.07, 6.45) is 3.21. The van der Waals surface area contributed by atoms with Gasteiger partial charge in [-0.05, 0) is 12.8 Å². The molecule has 0 aromatic heterocycles. The van der Waals surface area contributed by atoms with Crippen LogP contribution in [0.1, 0.15) is 33.1 Å². The van der Waals surface area contributed by atoms with Gasteiger partial charge in [0.05, 0.1) is 13.2 Å². The van der Waals surface area contributed by atoms with Crippen LogP contribution in [-0.4, -0.2) is 26.4 Å². The molecule has 0 amide bonds. The fourth-order valence-corrected chi connectivity index (χ4v) is 1.55. The minimum absolute atomic E-state index is 0.528. The van der Waals surface area contributed by atoms with E-state index in [2.05, 4.69) is 13.8 Å². The topological polar surface area (TPSA) is 53.7 Å². The lowest BCUT2D eigenvalue weighted by atomic mass is 10.3. The van der Waals surface area contributed by atoms with Gasteiger partial charge in [-0.1, -0.05) is 20.3 Å². The van der Waals surface area contributed by atoms with Crippen LogP contribution in [0, 0.1) is 0 Å². The van der Waals surface area contributed by atoms with Crippen LogP contribution in [0.3, 0.4) is 0 Å². The number of nitrogens with two attached hydrogens (primary N) is 1. The Morgan fingerprint density at radius 1 is 0.842 bits per heavy atom. The first-order valence-electron chi connectivity index (χ1n) is 7.00. The standard InChI is InChI=1S/C15H25NO3/c1-3-5-7-17-8-9-19-15-11-13(16)10-14(12-15)18-6-4-2/h10-12H,3-9,16H2,1-2H3. The molecule has 0 atom stereocenters. The molecule has 0 aliphatic heterocycles. The molecular formula is C15H25NO3. The maximum Gasteiger partial charge on any atom is 0.125 e. The number of unbranched alkanes of at least 4 members (excludes halogenated alkanes) is 1. The molecule has 1 rings (SSSR count). The fourth-order valence-electron chi connectivity index (χ4n) is 1.55. The molecule has 4 nitrogen and oxygen atoms in total. The Labute approximate surface area is 115 Å². The number of hydrogen-bond donors (Lipinski definition) is 1. The van der Waals surface area contributed by atoms with E-state index in [0.717, 1.165) is 37.4 Å². The first kappa shape index (κ1) is 15.6. The van der Waals surface area contributed by atoms with Crippen LogP contribution in [0.2, 0.25) is 0 Å². The summed E-state index contributed by atoms with van der Waals surface area (Å²) < 4.78 is 16.6. The van der Waals surface area contributed by atoms with Gasteiger partial charge in [0.25, 0.3) is 0 Å². The molecule has 2 N–H and O–H groups in total. The summed E-state index contributed by atoms with van der Waals surface area (Å²) in [4.78, 5) is 0. The molecular weight excluding hydrogens is 242 g/mol. The zero-order valence-corrected chi connectivity index (χ0v) is 12.0. The zero-order chi connectivity index (χ0) is 13.9. The van der Waals surface area contributed by atoms with Crippen LogP contribution in [0.5, 0.6) is 11.5 Å². The summed E-state index contributed by atoms with van der Waals surface area (Å²) in [7, 11) is 0. The van der Waals surface area contributed by atoms with Crippen molar-refractivity contribution in [1.29, 1.82) is 0 Å². The third-order valence-corrected chi connectivity index (χ3v) is 2.51. The predicted molar refractivity (Wildman–Crippen MR) is 77.9 cm³/mol. The van der Waals surface area contributed by atoms with Crippen molar-refractivity contribution in [2.24, 2.45) is 0 Å². The van der Waals surface area contributed by atoms with Gasteiger partial charge in [0.1, 0.15) is 18.1 Å². The summed E-state index contributed by atoms with van der Waals surface area (Å²) in [5.41, 5.74) is 6.46. The molecule has 0 radical (unpaired) electrons. The molecule has 0 unspecified atom stereocenters. The molecule has 0 aliphatic carbocycles. The largest absolute Gasteiger partial charge is 0.493 e. The summed E-state index contributed by atoms with van der Waals surface area (Å²) in [5.74, 6) is 1.48. The van der Waals surface area contributed by atoms with Gasteiger partial charge in [0, 0.05) is 30.5 Å². The lowest BCUT2D eigenvalue weighted by Gasteiger charge is -2.10. The first-order chi connectivity index (χ1) is 9.26. The zero-order valence-electron chi connectivity index (χ0n) is 12.0. The second kappa shape index (κ2) is 9.50. The van der Waals surface area contributed by atoms with Crippen molar-refractivity contribution in [3.05, 3.63) is 18.2 Å². The van der Waals surface area contributed by atoms with E-state index in [-0.39, 0.29) is 0 Å². The molecule has 19 heavy (non-hydrogen) atoms. The third kappa shape index (κ3) is 6.91.